The third kappa shape index (κ3) is 6.89. The van der Waals surface area contributed by atoms with Crippen molar-refractivity contribution in [1.29, 1.82) is 0 Å². The fourth-order valence-corrected chi connectivity index (χ4v) is 4.02. The van der Waals surface area contributed by atoms with Crippen molar-refractivity contribution in [1.82, 2.24) is 4.90 Å². The summed E-state index contributed by atoms with van der Waals surface area (Å²) in [6, 6.07) is 28.4. The predicted octanol–water partition coefficient (Wildman–Crippen LogP) is 3.53. The molecule has 2 N–H and O–H groups in total. The van der Waals surface area contributed by atoms with Crippen LogP contribution < -0.4 is 10.2 Å². The molecule has 1 heterocycles. The average Bonchev–Trinajstić information content (AvgIpc) is 2.85. The zero-order valence-electron chi connectivity index (χ0n) is 18.8. The summed E-state index contributed by atoms with van der Waals surface area (Å²) in [6.07, 6.45) is -0.530. The summed E-state index contributed by atoms with van der Waals surface area (Å²) in [6.45, 7) is 3.80. The number of anilines is 2. The predicted molar refractivity (Wildman–Crippen MR) is 131 cm³/mol. The first kappa shape index (κ1) is 23.0. The van der Waals surface area contributed by atoms with E-state index in [1.807, 2.05) is 60.7 Å². The van der Waals surface area contributed by atoms with Crippen molar-refractivity contribution in [2.24, 2.45) is 0 Å². The minimum absolute atomic E-state index is 0.0192. The second kappa shape index (κ2) is 11.6. The van der Waals surface area contributed by atoms with Crippen LogP contribution in [0.3, 0.4) is 0 Å². The summed E-state index contributed by atoms with van der Waals surface area (Å²) < 4.78 is 5.19. The summed E-state index contributed by atoms with van der Waals surface area (Å²) in [7, 11) is 0. The lowest BCUT2D eigenvalue weighted by atomic mass is 10.1. The van der Waals surface area contributed by atoms with Gasteiger partial charge in [-0.15, -0.1) is 0 Å². The van der Waals surface area contributed by atoms with Crippen LogP contribution in [0.2, 0.25) is 0 Å². The van der Waals surface area contributed by atoms with Crippen molar-refractivity contribution in [3.63, 3.8) is 0 Å². The van der Waals surface area contributed by atoms with Gasteiger partial charge in [0.1, 0.15) is 6.61 Å². The molecule has 3 aromatic carbocycles. The Hall–Kier alpha value is -3.19. The van der Waals surface area contributed by atoms with Crippen LogP contribution in [-0.4, -0.2) is 54.9 Å². The number of aliphatic hydroxyl groups is 1. The maximum Gasteiger partial charge on any atom is 0.253 e. The Morgan fingerprint density at radius 1 is 0.909 bits per heavy atom. The van der Waals surface area contributed by atoms with Gasteiger partial charge in [-0.3, -0.25) is 9.69 Å². The number of carbonyl (C=O) groups is 1. The zero-order chi connectivity index (χ0) is 22.9. The molecule has 0 aliphatic carbocycles. The second-order valence-electron chi connectivity index (χ2n) is 8.32. The van der Waals surface area contributed by atoms with Crippen LogP contribution in [0.4, 0.5) is 11.4 Å². The number of benzene rings is 3. The molecule has 0 bridgehead atoms. The van der Waals surface area contributed by atoms with Crippen LogP contribution in [0, 0.1) is 0 Å². The zero-order valence-corrected chi connectivity index (χ0v) is 18.8. The van der Waals surface area contributed by atoms with Crippen molar-refractivity contribution in [2.75, 3.05) is 43.1 Å². The summed E-state index contributed by atoms with van der Waals surface area (Å²) in [5, 5.41) is 14.1. The fourth-order valence-electron chi connectivity index (χ4n) is 4.02. The molecule has 0 saturated carbocycles. The third-order valence-electron chi connectivity index (χ3n) is 5.67. The molecule has 1 aliphatic heterocycles. The van der Waals surface area contributed by atoms with Crippen LogP contribution >= 0.6 is 0 Å². The van der Waals surface area contributed by atoms with Crippen LogP contribution in [0.5, 0.6) is 0 Å². The monoisotopic (exact) mass is 445 g/mol. The molecular weight excluding hydrogens is 414 g/mol. The molecule has 172 valence electrons. The van der Waals surface area contributed by atoms with Gasteiger partial charge in [0.15, 0.2) is 0 Å². The van der Waals surface area contributed by atoms with E-state index in [0.29, 0.717) is 26.2 Å². The number of morpholine rings is 1. The van der Waals surface area contributed by atoms with Crippen LogP contribution in [0.1, 0.15) is 11.1 Å². The Labute approximate surface area is 195 Å². The first-order chi connectivity index (χ1) is 16.2. The average molecular weight is 446 g/mol. The number of aliphatic hydroxyl groups excluding tert-OH is 1. The first-order valence-corrected chi connectivity index (χ1v) is 11.4. The molecular formula is C27H31N3O3. The lowest BCUT2D eigenvalue weighted by Crippen LogP contribution is -2.41. The van der Waals surface area contributed by atoms with E-state index in [4.69, 9.17) is 4.74 Å². The van der Waals surface area contributed by atoms with Gasteiger partial charge >= 0.3 is 0 Å². The number of rotatable bonds is 10. The van der Waals surface area contributed by atoms with Crippen molar-refractivity contribution in [3.8, 4) is 0 Å². The Morgan fingerprint density at radius 3 is 2.09 bits per heavy atom. The number of nitrogens with zero attached hydrogens (tertiary/aromatic N) is 2. The molecule has 1 unspecified atom stereocenters. The van der Waals surface area contributed by atoms with E-state index in [0.717, 1.165) is 24.5 Å². The van der Waals surface area contributed by atoms with E-state index in [-0.39, 0.29) is 12.5 Å². The summed E-state index contributed by atoms with van der Waals surface area (Å²) in [5.41, 5.74) is 4.23. The van der Waals surface area contributed by atoms with E-state index in [1.165, 1.54) is 11.1 Å². The topological polar surface area (TPSA) is 65.0 Å². The molecule has 0 aromatic heterocycles. The Bertz CT molecular complexity index is 955. The molecule has 3 aromatic rings. The summed E-state index contributed by atoms with van der Waals surface area (Å²) >= 11 is 0. The highest BCUT2D eigenvalue weighted by Crippen LogP contribution is 2.20. The molecule has 1 fully saturated rings. The lowest BCUT2D eigenvalue weighted by Gasteiger charge is -2.27. The van der Waals surface area contributed by atoms with E-state index >= 15 is 0 Å². The SMILES string of the molecule is O=C1COCCN1c1ccc(NCC(O)CN(Cc2ccccc2)Cc2ccccc2)cc1. The first-order valence-electron chi connectivity index (χ1n) is 11.4. The molecule has 33 heavy (non-hydrogen) atoms. The van der Waals surface area contributed by atoms with E-state index in [2.05, 4.69) is 34.5 Å². The highest BCUT2D eigenvalue weighted by molar-refractivity contribution is 5.95. The van der Waals surface area contributed by atoms with E-state index in [9.17, 15) is 9.90 Å². The van der Waals surface area contributed by atoms with Gasteiger partial charge in [-0.05, 0) is 35.4 Å². The van der Waals surface area contributed by atoms with Crippen LogP contribution in [0.15, 0.2) is 84.9 Å². The fraction of sp³-hybridized carbons (Fsp3) is 0.296. The number of carbonyl (C=O) groups excluding carboxylic acids is 1. The normalized spacial score (nSPS) is 15.0. The second-order valence-corrected chi connectivity index (χ2v) is 8.32. The largest absolute Gasteiger partial charge is 0.390 e. The maximum absolute atomic E-state index is 12.0. The van der Waals surface area contributed by atoms with Crippen molar-refractivity contribution in [3.05, 3.63) is 96.1 Å². The summed E-state index contributed by atoms with van der Waals surface area (Å²) in [4.78, 5) is 16.0. The Kier molecular flexibility index (Phi) is 8.09. The number of ether oxygens (including phenoxy) is 1. The van der Waals surface area contributed by atoms with Gasteiger partial charge in [-0.2, -0.15) is 0 Å². The van der Waals surface area contributed by atoms with Gasteiger partial charge in [0.05, 0.1) is 12.7 Å². The number of hydrogen-bond acceptors (Lipinski definition) is 5. The number of amides is 1. The van der Waals surface area contributed by atoms with E-state index in [1.54, 1.807) is 4.90 Å². The molecule has 6 nitrogen and oxygen atoms in total. The van der Waals surface area contributed by atoms with Gasteiger partial charge < -0.3 is 20.1 Å². The Morgan fingerprint density at radius 2 is 1.52 bits per heavy atom. The molecule has 0 spiro atoms. The van der Waals surface area contributed by atoms with Gasteiger partial charge in [0.2, 0.25) is 0 Å². The minimum Gasteiger partial charge on any atom is -0.390 e. The molecule has 6 heteroatoms. The van der Waals surface area contributed by atoms with Gasteiger partial charge in [0.25, 0.3) is 5.91 Å². The van der Waals surface area contributed by atoms with Crippen molar-refractivity contribution in [2.45, 2.75) is 19.2 Å². The van der Waals surface area contributed by atoms with Crippen molar-refractivity contribution < 1.29 is 14.6 Å². The molecule has 4 rings (SSSR count). The molecule has 1 atom stereocenters. The maximum atomic E-state index is 12.0. The van der Waals surface area contributed by atoms with Gasteiger partial charge in [0, 0.05) is 44.1 Å². The van der Waals surface area contributed by atoms with Crippen LogP contribution in [-0.2, 0) is 22.6 Å². The Balaban J connectivity index is 1.32. The highest BCUT2D eigenvalue weighted by Gasteiger charge is 2.20. The molecule has 1 aliphatic rings. The summed E-state index contributed by atoms with van der Waals surface area (Å²) in [5.74, 6) is -0.0192. The smallest absolute Gasteiger partial charge is 0.253 e. The van der Waals surface area contributed by atoms with Gasteiger partial charge in [-0.1, -0.05) is 60.7 Å². The quantitative estimate of drug-likeness (QED) is 0.500. The highest BCUT2D eigenvalue weighted by atomic mass is 16.5. The third-order valence-corrected chi connectivity index (χ3v) is 5.67. The number of nitrogens with one attached hydrogen (secondary N) is 1. The standard InChI is InChI=1S/C27H31N3O3/c31-26(17-28-24-11-13-25(14-12-24)30-15-16-33-21-27(30)32)20-29(18-22-7-3-1-4-8-22)19-23-9-5-2-6-10-23/h1-14,26,28,31H,15-21H2. The number of hydrogen-bond donors (Lipinski definition) is 2. The lowest BCUT2D eigenvalue weighted by molar-refractivity contribution is -0.125. The van der Waals surface area contributed by atoms with Gasteiger partial charge in [-0.25, -0.2) is 0 Å². The molecule has 1 saturated heterocycles. The van der Waals surface area contributed by atoms with Crippen molar-refractivity contribution >= 4 is 17.3 Å². The van der Waals surface area contributed by atoms with Crippen LogP contribution in [0.25, 0.3) is 0 Å². The van der Waals surface area contributed by atoms with E-state index < -0.39 is 6.10 Å². The molecule has 0 radical (unpaired) electrons. The molecule has 1 amide bonds. The minimum atomic E-state index is -0.530.